The van der Waals surface area contributed by atoms with Crippen molar-refractivity contribution >= 4 is 21.4 Å². The first-order valence-electron chi connectivity index (χ1n) is 7.17. The maximum Gasteiger partial charge on any atom is 0.315 e. The average Bonchev–Trinajstić information content (AvgIpc) is 3.05. The number of fused-ring (bicyclic) bond motifs is 1. The molecule has 3 rings (SSSR count). The van der Waals surface area contributed by atoms with E-state index in [4.69, 9.17) is 4.74 Å². The van der Waals surface area contributed by atoms with Gasteiger partial charge < -0.3 is 15.4 Å². The van der Waals surface area contributed by atoms with Crippen LogP contribution in [0.2, 0.25) is 0 Å². The molecule has 1 aliphatic heterocycles. The lowest BCUT2D eigenvalue weighted by atomic mass is 10.2. The summed E-state index contributed by atoms with van der Waals surface area (Å²) in [6.45, 7) is 0.302. The van der Waals surface area contributed by atoms with Crippen LogP contribution < -0.4 is 10.6 Å². The second-order valence-corrected chi connectivity index (χ2v) is 7.64. The third kappa shape index (κ3) is 3.45. The summed E-state index contributed by atoms with van der Waals surface area (Å²) >= 11 is 0. The van der Waals surface area contributed by atoms with Gasteiger partial charge in [0, 0.05) is 25.4 Å². The second kappa shape index (κ2) is 6.17. The third-order valence-corrected chi connectivity index (χ3v) is 5.57. The van der Waals surface area contributed by atoms with Crippen molar-refractivity contribution in [2.45, 2.75) is 18.7 Å². The van der Waals surface area contributed by atoms with Gasteiger partial charge in [-0.3, -0.25) is 0 Å². The third-order valence-electron chi connectivity index (χ3n) is 3.87. The molecule has 1 fully saturated rings. The molecule has 0 radical (unpaired) electrons. The standard InChI is InChI=1S/C14H18N4O4S/c1-22-13-9-23(20,21)8-11(13)17-14(19)15-6-10-7-16-18-5-3-2-4-12(10)18/h2-5,7,11,13H,6,8-9H2,1H3,(H2,15,17,19). The largest absolute Gasteiger partial charge is 0.378 e. The van der Waals surface area contributed by atoms with E-state index in [-0.39, 0.29) is 11.5 Å². The fraction of sp³-hybridized carbons (Fsp3) is 0.429. The second-order valence-electron chi connectivity index (χ2n) is 5.48. The fourth-order valence-electron chi connectivity index (χ4n) is 2.70. The van der Waals surface area contributed by atoms with Gasteiger partial charge in [0.2, 0.25) is 0 Å². The number of ether oxygens (including phenoxy) is 1. The first-order chi connectivity index (χ1) is 11.0. The number of aromatic nitrogens is 2. The molecule has 2 N–H and O–H groups in total. The molecular formula is C14H18N4O4S. The number of carbonyl (C=O) groups excluding carboxylic acids is 1. The van der Waals surface area contributed by atoms with Crippen molar-refractivity contribution in [2.75, 3.05) is 18.6 Å². The number of pyridine rings is 1. The van der Waals surface area contributed by atoms with Crippen LogP contribution in [0.3, 0.4) is 0 Å². The Morgan fingerprint density at radius 3 is 3.04 bits per heavy atom. The van der Waals surface area contributed by atoms with Crippen LogP contribution >= 0.6 is 0 Å². The maximum absolute atomic E-state index is 12.0. The van der Waals surface area contributed by atoms with Gasteiger partial charge in [-0.1, -0.05) is 6.07 Å². The first kappa shape index (κ1) is 15.8. The van der Waals surface area contributed by atoms with Crippen LogP contribution in [0.4, 0.5) is 4.79 Å². The van der Waals surface area contributed by atoms with Gasteiger partial charge in [-0.15, -0.1) is 0 Å². The minimum atomic E-state index is -3.17. The van der Waals surface area contributed by atoms with Gasteiger partial charge in [-0.25, -0.2) is 17.7 Å². The van der Waals surface area contributed by atoms with Crippen molar-refractivity contribution in [1.82, 2.24) is 20.2 Å². The topological polar surface area (TPSA) is 102 Å². The molecular weight excluding hydrogens is 320 g/mol. The molecule has 2 aromatic rings. The van der Waals surface area contributed by atoms with E-state index in [0.717, 1.165) is 11.1 Å². The van der Waals surface area contributed by atoms with Crippen LogP contribution in [0.25, 0.3) is 5.52 Å². The van der Waals surface area contributed by atoms with Crippen molar-refractivity contribution < 1.29 is 17.9 Å². The molecule has 2 aromatic heterocycles. The molecule has 0 aromatic carbocycles. The van der Waals surface area contributed by atoms with Crippen molar-refractivity contribution in [3.8, 4) is 0 Å². The Labute approximate surface area is 133 Å². The van der Waals surface area contributed by atoms with Crippen LogP contribution in [0.1, 0.15) is 5.56 Å². The van der Waals surface area contributed by atoms with Gasteiger partial charge in [-0.2, -0.15) is 5.10 Å². The monoisotopic (exact) mass is 338 g/mol. The molecule has 0 aliphatic carbocycles. The molecule has 0 spiro atoms. The summed E-state index contributed by atoms with van der Waals surface area (Å²) in [5, 5.41) is 9.58. The number of amides is 2. The molecule has 2 atom stereocenters. The fourth-order valence-corrected chi connectivity index (χ4v) is 4.55. The van der Waals surface area contributed by atoms with E-state index in [1.54, 1.807) is 10.7 Å². The lowest BCUT2D eigenvalue weighted by molar-refractivity contribution is 0.101. The molecule has 0 bridgehead atoms. The first-order valence-corrected chi connectivity index (χ1v) is 8.99. The zero-order chi connectivity index (χ0) is 16.4. The Balaban J connectivity index is 1.60. The maximum atomic E-state index is 12.0. The van der Waals surface area contributed by atoms with Crippen molar-refractivity contribution in [1.29, 1.82) is 0 Å². The number of carbonyl (C=O) groups is 1. The van der Waals surface area contributed by atoms with Gasteiger partial charge in [0.15, 0.2) is 9.84 Å². The zero-order valence-electron chi connectivity index (χ0n) is 12.6. The molecule has 1 saturated heterocycles. The molecule has 3 heterocycles. The van der Waals surface area contributed by atoms with Crippen LogP contribution in [-0.4, -0.2) is 54.8 Å². The Bertz CT molecular complexity index is 817. The summed E-state index contributed by atoms with van der Waals surface area (Å²) < 4.78 is 30.1. The van der Waals surface area contributed by atoms with Crippen molar-refractivity contribution in [2.24, 2.45) is 0 Å². The summed E-state index contributed by atoms with van der Waals surface area (Å²) in [6.07, 6.45) is 3.00. The Hall–Kier alpha value is -2.13. The number of hydrogen-bond donors (Lipinski definition) is 2. The van der Waals surface area contributed by atoms with Crippen LogP contribution in [0, 0.1) is 0 Å². The van der Waals surface area contributed by atoms with Crippen molar-refractivity contribution in [3.63, 3.8) is 0 Å². The Morgan fingerprint density at radius 1 is 1.43 bits per heavy atom. The SMILES string of the molecule is COC1CS(=O)(=O)CC1NC(=O)NCc1cnn2ccccc12. The number of hydrogen-bond acceptors (Lipinski definition) is 5. The molecule has 2 amide bonds. The minimum Gasteiger partial charge on any atom is -0.378 e. The van der Waals surface area contributed by atoms with E-state index in [2.05, 4.69) is 15.7 Å². The quantitative estimate of drug-likeness (QED) is 0.813. The summed E-state index contributed by atoms with van der Waals surface area (Å²) in [4.78, 5) is 12.0. The number of nitrogens with one attached hydrogen (secondary N) is 2. The van der Waals surface area contributed by atoms with Gasteiger partial charge in [0.25, 0.3) is 0 Å². The Morgan fingerprint density at radius 2 is 2.26 bits per heavy atom. The highest BCUT2D eigenvalue weighted by Crippen LogP contribution is 2.15. The number of methoxy groups -OCH3 is 1. The number of sulfone groups is 1. The van der Waals surface area contributed by atoms with Gasteiger partial charge in [-0.05, 0) is 12.1 Å². The Kier molecular flexibility index (Phi) is 4.22. The summed E-state index contributed by atoms with van der Waals surface area (Å²) in [5.41, 5.74) is 1.79. The lowest BCUT2D eigenvalue weighted by Crippen LogP contribution is -2.47. The molecule has 9 heteroatoms. The van der Waals surface area contributed by atoms with Crippen LogP contribution in [0.15, 0.2) is 30.6 Å². The van der Waals surface area contributed by atoms with Crippen molar-refractivity contribution in [3.05, 3.63) is 36.2 Å². The molecule has 124 valence electrons. The number of rotatable bonds is 4. The molecule has 23 heavy (non-hydrogen) atoms. The van der Waals surface area contributed by atoms with E-state index in [9.17, 15) is 13.2 Å². The molecule has 1 aliphatic rings. The van der Waals surface area contributed by atoms with E-state index < -0.39 is 28.0 Å². The van der Waals surface area contributed by atoms with E-state index in [0.29, 0.717) is 6.54 Å². The average molecular weight is 338 g/mol. The van der Waals surface area contributed by atoms with Crippen LogP contribution in [0.5, 0.6) is 0 Å². The summed E-state index contributed by atoms with van der Waals surface area (Å²) in [7, 11) is -1.73. The predicted molar refractivity (Wildman–Crippen MR) is 83.8 cm³/mol. The summed E-state index contributed by atoms with van der Waals surface area (Å²) in [6, 6.07) is 4.72. The molecule has 2 unspecified atom stereocenters. The zero-order valence-corrected chi connectivity index (χ0v) is 13.4. The van der Waals surface area contributed by atoms with Gasteiger partial charge >= 0.3 is 6.03 Å². The van der Waals surface area contributed by atoms with Crippen LogP contribution in [-0.2, 0) is 21.1 Å². The van der Waals surface area contributed by atoms with Gasteiger partial charge in [0.05, 0.1) is 35.4 Å². The summed E-state index contributed by atoms with van der Waals surface area (Å²) in [5.74, 6) is -0.169. The van der Waals surface area contributed by atoms with E-state index >= 15 is 0 Å². The van der Waals surface area contributed by atoms with E-state index in [1.165, 1.54) is 7.11 Å². The highest BCUT2D eigenvalue weighted by atomic mass is 32.2. The molecule has 0 saturated carbocycles. The normalized spacial score (nSPS) is 23.0. The highest BCUT2D eigenvalue weighted by Gasteiger charge is 2.38. The number of urea groups is 1. The predicted octanol–water partition coefficient (Wildman–Crippen LogP) is -0.0545. The van der Waals surface area contributed by atoms with Gasteiger partial charge in [0.1, 0.15) is 0 Å². The highest BCUT2D eigenvalue weighted by molar-refractivity contribution is 7.91. The van der Waals surface area contributed by atoms with E-state index in [1.807, 2.05) is 24.4 Å². The lowest BCUT2D eigenvalue weighted by Gasteiger charge is -2.18. The minimum absolute atomic E-state index is 0.0670. The molecule has 8 nitrogen and oxygen atoms in total. The number of nitrogens with zero attached hydrogens (tertiary/aromatic N) is 2. The smallest absolute Gasteiger partial charge is 0.315 e.